The summed E-state index contributed by atoms with van der Waals surface area (Å²) in [6, 6.07) is 0. The van der Waals surface area contributed by atoms with E-state index in [1.54, 1.807) is 0 Å². The van der Waals surface area contributed by atoms with Crippen molar-refractivity contribution in [1.82, 2.24) is 0 Å². The summed E-state index contributed by atoms with van der Waals surface area (Å²) >= 11 is 0. The van der Waals surface area contributed by atoms with Crippen LogP contribution < -0.4 is 0 Å². The monoisotopic (exact) mass is 230 g/mol. The maximum Gasteiger partial charge on any atom is 0.304 e. The predicted octanol–water partition coefficient (Wildman–Crippen LogP) is 1.65. The number of carbonyl (C=O) groups is 1. The van der Waals surface area contributed by atoms with E-state index in [2.05, 4.69) is 0 Å². The molecule has 2 saturated carbocycles. The predicted molar refractivity (Wildman–Crippen MR) is 59.1 cm³/mol. The Balaban J connectivity index is 1.73. The van der Waals surface area contributed by atoms with Gasteiger partial charge in [0, 0.05) is 22.3 Å². The van der Waals surface area contributed by atoms with Gasteiger partial charge in [-0.2, -0.15) is 0 Å². The molecule has 1 N–H and O–H groups in total. The van der Waals surface area contributed by atoms with Crippen molar-refractivity contribution in [2.75, 3.05) is 11.5 Å². The van der Waals surface area contributed by atoms with Crippen LogP contribution in [0.2, 0.25) is 0 Å². The lowest BCUT2D eigenvalue weighted by molar-refractivity contribution is -0.136. The first-order valence-corrected chi connectivity index (χ1v) is 7.20. The van der Waals surface area contributed by atoms with Gasteiger partial charge < -0.3 is 5.11 Å². The topological polar surface area (TPSA) is 54.4 Å². The lowest BCUT2D eigenvalue weighted by atomic mass is 9.90. The average molecular weight is 230 g/mol. The van der Waals surface area contributed by atoms with Crippen LogP contribution >= 0.6 is 0 Å². The fourth-order valence-corrected chi connectivity index (χ4v) is 4.56. The molecule has 86 valence electrons. The lowest BCUT2D eigenvalue weighted by Crippen LogP contribution is -2.20. The van der Waals surface area contributed by atoms with E-state index in [1.807, 2.05) is 0 Å². The van der Waals surface area contributed by atoms with Gasteiger partial charge in [-0.05, 0) is 37.0 Å². The molecule has 0 aromatic heterocycles. The standard InChI is InChI=1S/C11H18O3S/c12-11(13)3-4-15(14)7-10-6-8-1-2-9(10)5-8/h8-10H,1-7H2,(H,12,13). The van der Waals surface area contributed by atoms with Gasteiger partial charge in [-0.3, -0.25) is 9.00 Å². The van der Waals surface area contributed by atoms with Gasteiger partial charge in [0.05, 0.1) is 6.42 Å². The van der Waals surface area contributed by atoms with E-state index in [0.717, 1.165) is 17.6 Å². The molecule has 0 spiro atoms. The Kier molecular flexibility index (Phi) is 3.44. The van der Waals surface area contributed by atoms with E-state index in [9.17, 15) is 9.00 Å². The average Bonchev–Trinajstić information content (AvgIpc) is 2.76. The fourth-order valence-electron chi connectivity index (χ4n) is 3.10. The third-order valence-corrected chi connectivity index (χ3v) is 5.29. The van der Waals surface area contributed by atoms with E-state index in [4.69, 9.17) is 5.11 Å². The summed E-state index contributed by atoms with van der Waals surface area (Å²) in [6.07, 6.45) is 5.30. The molecule has 0 aliphatic heterocycles. The SMILES string of the molecule is O=C(O)CCS(=O)CC1CC2CCC1C2. The maximum atomic E-state index is 11.6. The van der Waals surface area contributed by atoms with Gasteiger partial charge in [-0.25, -0.2) is 0 Å². The first-order chi connectivity index (χ1) is 7.15. The van der Waals surface area contributed by atoms with Crippen molar-refractivity contribution >= 4 is 16.8 Å². The van der Waals surface area contributed by atoms with Crippen LogP contribution in [0.3, 0.4) is 0 Å². The third kappa shape index (κ3) is 2.80. The Bertz CT molecular complexity index is 277. The van der Waals surface area contributed by atoms with Crippen LogP contribution in [0, 0.1) is 17.8 Å². The molecule has 0 aromatic rings. The molecule has 0 aromatic carbocycles. The second kappa shape index (κ2) is 4.64. The minimum Gasteiger partial charge on any atom is -0.481 e. The Labute approximate surface area is 92.7 Å². The molecule has 4 heteroatoms. The number of carboxylic acid groups (broad SMARTS) is 1. The van der Waals surface area contributed by atoms with Crippen LogP contribution in [-0.4, -0.2) is 26.8 Å². The van der Waals surface area contributed by atoms with E-state index in [-0.39, 0.29) is 6.42 Å². The maximum absolute atomic E-state index is 11.6. The molecule has 0 radical (unpaired) electrons. The normalized spacial score (nSPS) is 35.6. The van der Waals surface area contributed by atoms with Crippen LogP contribution in [0.15, 0.2) is 0 Å². The zero-order chi connectivity index (χ0) is 10.8. The molecule has 3 nitrogen and oxygen atoms in total. The molecule has 2 aliphatic rings. The van der Waals surface area contributed by atoms with Crippen molar-refractivity contribution in [3.8, 4) is 0 Å². The summed E-state index contributed by atoms with van der Waals surface area (Å²) in [5, 5.41) is 8.49. The molecule has 4 atom stereocenters. The summed E-state index contributed by atoms with van der Waals surface area (Å²) in [5.74, 6) is 2.55. The summed E-state index contributed by atoms with van der Waals surface area (Å²) in [5.41, 5.74) is 0. The van der Waals surface area contributed by atoms with Crippen LogP contribution in [0.5, 0.6) is 0 Å². The van der Waals surface area contributed by atoms with E-state index >= 15 is 0 Å². The molecule has 0 heterocycles. The Morgan fingerprint density at radius 3 is 2.67 bits per heavy atom. The van der Waals surface area contributed by atoms with Gasteiger partial charge in [-0.1, -0.05) is 6.42 Å². The van der Waals surface area contributed by atoms with Gasteiger partial charge in [0.2, 0.25) is 0 Å². The molecule has 4 unspecified atom stereocenters. The van der Waals surface area contributed by atoms with Gasteiger partial charge >= 0.3 is 5.97 Å². The zero-order valence-corrected chi connectivity index (χ0v) is 9.67. The van der Waals surface area contributed by atoms with E-state index in [1.165, 1.54) is 25.7 Å². The van der Waals surface area contributed by atoms with Gasteiger partial charge in [0.15, 0.2) is 0 Å². The van der Waals surface area contributed by atoms with Gasteiger partial charge in [0.1, 0.15) is 0 Å². The number of carboxylic acids is 1. The fraction of sp³-hybridized carbons (Fsp3) is 0.909. The van der Waals surface area contributed by atoms with Crippen LogP contribution in [-0.2, 0) is 15.6 Å². The van der Waals surface area contributed by atoms with Crippen LogP contribution in [0.4, 0.5) is 0 Å². The van der Waals surface area contributed by atoms with Gasteiger partial charge in [-0.15, -0.1) is 0 Å². The third-order valence-electron chi connectivity index (χ3n) is 3.83. The summed E-state index contributed by atoms with van der Waals surface area (Å²) in [4.78, 5) is 10.3. The minimum absolute atomic E-state index is 0.0490. The highest BCUT2D eigenvalue weighted by atomic mass is 32.2. The number of hydrogen-bond donors (Lipinski definition) is 1. The lowest BCUT2D eigenvalue weighted by Gasteiger charge is -2.20. The van der Waals surface area contributed by atoms with Crippen LogP contribution in [0.25, 0.3) is 0 Å². The summed E-state index contributed by atoms with van der Waals surface area (Å²) in [7, 11) is -0.913. The zero-order valence-electron chi connectivity index (χ0n) is 8.85. The number of rotatable bonds is 5. The molecule has 15 heavy (non-hydrogen) atoms. The quantitative estimate of drug-likeness (QED) is 0.781. The smallest absolute Gasteiger partial charge is 0.304 e. The first kappa shape index (κ1) is 11.1. The second-order valence-electron chi connectivity index (χ2n) is 4.89. The number of hydrogen-bond acceptors (Lipinski definition) is 2. The summed E-state index contributed by atoms with van der Waals surface area (Å²) in [6.45, 7) is 0. The molecule has 2 fully saturated rings. The first-order valence-electron chi connectivity index (χ1n) is 5.72. The van der Waals surface area contributed by atoms with Crippen LogP contribution in [0.1, 0.15) is 32.1 Å². The molecule has 0 saturated heterocycles. The Morgan fingerprint density at radius 1 is 1.33 bits per heavy atom. The number of fused-ring (bicyclic) bond motifs is 2. The Morgan fingerprint density at radius 2 is 2.13 bits per heavy atom. The van der Waals surface area contributed by atoms with E-state index < -0.39 is 16.8 Å². The van der Waals surface area contributed by atoms with Gasteiger partial charge in [0.25, 0.3) is 0 Å². The largest absolute Gasteiger partial charge is 0.481 e. The highest BCUT2D eigenvalue weighted by molar-refractivity contribution is 7.85. The minimum atomic E-state index is -0.913. The molecule has 2 aliphatic carbocycles. The van der Waals surface area contributed by atoms with Crippen molar-refractivity contribution in [1.29, 1.82) is 0 Å². The summed E-state index contributed by atoms with van der Waals surface area (Å²) < 4.78 is 11.6. The van der Waals surface area contributed by atoms with Crippen molar-refractivity contribution < 1.29 is 14.1 Å². The molecular formula is C11H18O3S. The van der Waals surface area contributed by atoms with Crippen molar-refractivity contribution in [2.45, 2.75) is 32.1 Å². The molecular weight excluding hydrogens is 212 g/mol. The number of aliphatic carboxylic acids is 1. The van der Waals surface area contributed by atoms with Crippen molar-refractivity contribution in [3.05, 3.63) is 0 Å². The Hall–Kier alpha value is -0.380. The highest BCUT2D eigenvalue weighted by Crippen LogP contribution is 2.48. The second-order valence-corrected chi connectivity index (χ2v) is 6.51. The molecule has 0 amide bonds. The van der Waals surface area contributed by atoms with Crippen molar-refractivity contribution in [2.24, 2.45) is 17.8 Å². The molecule has 2 bridgehead atoms. The highest BCUT2D eigenvalue weighted by Gasteiger charge is 2.39. The van der Waals surface area contributed by atoms with Crippen molar-refractivity contribution in [3.63, 3.8) is 0 Å². The molecule has 2 rings (SSSR count). The van der Waals surface area contributed by atoms with E-state index in [0.29, 0.717) is 11.7 Å².